The van der Waals surface area contributed by atoms with E-state index in [0.717, 1.165) is 40.4 Å². The normalized spacial score (nSPS) is 12.9. The molecule has 1 atom stereocenters. The summed E-state index contributed by atoms with van der Waals surface area (Å²) in [5.74, 6) is 1.11. The second-order valence-electron chi connectivity index (χ2n) is 4.94. The average Bonchev–Trinajstić information content (AvgIpc) is 3.05. The van der Waals surface area contributed by atoms with E-state index < -0.39 is 0 Å². The summed E-state index contributed by atoms with van der Waals surface area (Å²) in [6.07, 6.45) is 3.89. The Morgan fingerprint density at radius 3 is 2.95 bits per heavy atom. The number of hydrogen-bond acceptors (Lipinski definition) is 4. The van der Waals surface area contributed by atoms with Gasteiger partial charge in [-0.05, 0) is 31.5 Å². The first-order valence-corrected chi connectivity index (χ1v) is 7.74. The number of rotatable bonds is 4. The third-order valence-electron chi connectivity index (χ3n) is 3.46. The molecule has 2 aromatic heterocycles. The molecule has 0 saturated heterocycles. The Labute approximate surface area is 122 Å². The number of nitrogen functional groups attached to an aromatic ring is 1. The van der Waals surface area contributed by atoms with E-state index in [1.807, 2.05) is 23.7 Å². The van der Waals surface area contributed by atoms with E-state index in [-0.39, 0.29) is 6.04 Å². The highest BCUT2D eigenvalue weighted by Gasteiger charge is 2.18. The van der Waals surface area contributed by atoms with Crippen LogP contribution in [0.25, 0.3) is 11.0 Å². The molecule has 0 radical (unpaired) electrons. The number of thiazole rings is 1. The average molecular weight is 286 g/mol. The summed E-state index contributed by atoms with van der Waals surface area (Å²) in [5.41, 5.74) is 8.72. The predicted molar refractivity (Wildman–Crippen MR) is 84.1 cm³/mol. The van der Waals surface area contributed by atoms with Gasteiger partial charge in [0.15, 0.2) is 0 Å². The van der Waals surface area contributed by atoms with Crippen molar-refractivity contribution in [2.45, 2.75) is 32.7 Å². The van der Waals surface area contributed by atoms with Crippen molar-refractivity contribution in [3.8, 4) is 0 Å². The molecule has 104 valence electrons. The molecular weight excluding hydrogens is 268 g/mol. The first-order valence-electron chi connectivity index (χ1n) is 6.86. The van der Waals surface area contributed by atoms with E-state index in [0.29, 0.717) is 0 Å². The highest BCUT2D eigenvalue weighted by Crippen LogP contribution is 2.28. The number of benzene rings is 1. The Morgan fingerprint density at radius 1 is 1.40 bits per heavy atom. The van der Waals surface area contributed by atoms with Crippen LogP contribution in [0.5, 0.6) is 0 Å². The lowest BCUT2D eigenvalue weighted by atomic mass is 10.2. The van der Waals surface area contributed by atoms with E-state index in [1.165, 1.54) is 0 Å². The van der Waals surface area contributed by atoms with Gasteiger partial charge in [-0.15, -0.1) is 11.3 Å². The van der Waals surface area contributed by atoms with Gasteiger partial charge in [-0.25, -0.2) is 9.97 Å². The molecule has 5 heteroatoms. The minimum atomic E-state index is 0.199. The lowest BCUT2D eigenvalue weighted by molar-refractivity contribution is 0.609. The zero-order valence-electron chi connectivity index (χ0n) is 11.7. The first-order chi connectivity index (χ1) is 9.70. The van der Waals surface area contributed by atoms with Crippen molar-refractivity contribution in [2.75, 3.05) is 5.73 Å². The third-order valence-corrected chi connectivity index (χ3v) is 4.40. The molecule has 0 bridgehead atoms. The van der Waals surface area contributed by atoms with Gasteiger partial charge in [-0.3, -0.25) is 0 Å². The Hall–Kier alpha value is -1.88. The van der Waals surface area contributed by atoms with Gasteiger partial charge in [0.25, 0.3) is 0 Å². The molecule has 2 N–H and O–H groups in total. The summed E-state index contributed by atoms with van der Waals surface area (Å²) in [4.78, 5) is 9.20. The molecule has 2 heterocycles. The molecule has 0 amide bonds. The van der Waals surface area contributed by atoms with Crippen LogP contribution in [-0.2, 0) is 6.42 Å². The largest absolute Gasteiger partial charge is 0.399 e. The van der Waals surface area contributed by atoms with Gasteiger partial charge >= 0.3 is 0 Å². The predicted octanol–water partition coefficient (Wildman–Crippen LogP) is 3.64. The molecule has 1 unspecified atom stereocenters. The molecule has 0 fully saturated rings. The fourth-order valence-corrected chi connectivity index (χ4v) is 3.23. The second-order valence-corrected chi connectivity index (χ2v) is 5.87. The number of hydrogen-bond donors (Lipinski definition) is 1. The van der Waals surface area contributed by atoms with Gasteiger partial charge < -0.3 is 10.3 Å². The number of aryl methyl sites for hydroxylation is 1. The molecule has 0 spiro atoms. The van der Waals surface area contributed by atoms with Gasteiger partial charge in [0, 0.05) is 23.7 Å². The highest BCUT2D eigenvalue weighted by molar-refractivity contribution is 7.09. The summed E-state index contributed by atoms with van der Waals surface area (Å²) in [7, 11) is 0. The van der Waals surface area contributed by atoms with Crippen LogP contribution >= 0.6 is 11.3 Å². The molecule has 0 saturated carbocycles. The van der Waals surface area contributed by atoms with Gasteiger partial charge in [-0.2, -0.15) is 0 Å². The summed E-state index contributed by atoms with van der Waals surface area (Å²) >= 11 is 1.68. The minimum absolute atomic E-state index is 0.199. The number of nitrogens with zero attached hydrogens (tertiary/aromatic N) is 3. The second kappa shape index (κ2) is 5.25. The number of anilines is 1. The third kappa shape index (κ3) is 2.18. The van der Waals surface area contributed by atoms with Crippen LogP contribution in [0.4, 0.5) is 5.69 Å². The molecule has 3 aromatic rings. The van der Waals surface area contributed by atoms with Gasteiger partial charge in [0.1, 0.15) is 10.8 Å². The molecule has 0 aliphatic heterocycles. The zero-order valence-corrected chi connectivity index (χ0v) is 12.5. The van der Waals surface area contributed by atoms with E-state index in [1.54, 1.807) is 11.3 Å². The van der Waals surface area contributed by atoms with Crippen LogP contribution in [0, 0.1) is 0 Å². The highest BCUT2D eigenvalue weighted by atomic mass is 32.1. The summed E-state index contributed by atoms with van der Waals surface area (Å²) in [6, 6.07) is 6.14. The minimum Gasteiger partial charge on any atom is -0.399 e. The maximum Gasteiger partial charge on any atom is 0.115 e. The van der Waals surface area contributed by atoms with Crippen molar-refractivity contribution < 1.29 is 0 Å². The van der Waals surface area contributed by atoms with E-state index in [9.17, 15) is 0 Å². The maximum absolute atomic E-state index is 5.87. The smallest absolute Gasteiger partial charge is 0.115 e. The Kier molecular flexibility index (Phi) is 3.44. The van der Waals surface area contributed by atoms with Crippen molar-refractivity contribution in [1.82, 2.24) is 14.5 Å². The van der Waals surface area contributed by atoms with Crippen molar-refractivity contribution >= 4 is 28.1 Å². The number of aromatic nitrogens is 3. The zero-order chi connectivity index (χ0) is 14.1. The van der Waals surface area contributed by atoms with Crippen LogP contribution in [0.1, 0.15) is 37.1 Å². The number of imidazole rings is 1. The molecule has 0 aliphatic carbocycles. The monoisotopic (exact) mass is 286 g/mol. The fraction of sp³-hybridized carbons (Fsp3) is 0.333. The fourth-order valence-electron chi connectivity index (χ4n) is 2.55. The van der Waals surface area contributed by atoms with Crippen LogP contribution in [-0.4, -0.2) is 14.5 Å². The van der Waals surface area contributed by atoms with Crippen LogP contribution in [0.2, 0.25) is 0 Å². The summed E-state index contributed by atoms with van der Waals surface area (Å²) in [5, 5.41) is 3.13. The van der Waals surface area contributed by atoms with Gasteiger partial charge in [0.05, 0.1) is 17.1 Å². The Morgan fingerprint density at radius 2 is 2.25 bits per heavy atom. The van der Waals surface area contributed by atoms with Gasteiger partial charge in [-0.1, -0.05) is 6.92 Å². The van der Waals surface area contributed by atoms with Crippen LogP contribution in [0.3, 0.4) is 0 Å². The molecule has 20 heavy (non-hydrogen) atoms. The lowest BCUT2D eigenvalue weighted by Gasteiger charge is -2.15. The van der Waals surface area contributed by atoms with Crippen molar-refractivity contribution in [3.05, 3.63) is 40.6 Å². The van der Waals surface area contributed by atoms with E-state index in [4.69, 9.17) is 10.7 Å². The van der Waals surface area contributed by atoms with E-state index in [2.05, 4.69) is 29.5 Å². The Bertz CT molecular complexity index is 715. The maximum atomic E-state index is 5.87. The van der Waals surface area contributed by atoms with Crippen LogP contribution < -0.4 is 5.73 Å². The summed E-state index contributed by atoms with van der Waals surface area (Å²) < 4.78 is 2.29. The Balaban J connectivity index is 2.18. The van der Waals surface area contributed by atoms with Crippen molar-refractivity contribution in [1.29, 1.82) is 0 Å². The molecule has 0 aliphatic rings. The quantitative estimate of drug-likeness (QED) is 0.745. The van der Waals surface area contributed by atoms with Crippen molar-refractivity contribution in [2.24, 2.45) is 0 Å². The number of fused-ring (bicyclic) bond motifs is 1. The summed E-state index contributed by atoms with van der Waals surface area (Å²) in [6.45, 7) is 4.35. The SMILES string of the molecule is CCCc1nc2cc(N)ccc2n1C(C)c1nccs1. The standard InChI is InChI=1S/C15H18N4S/c1-3-4-14-18-12-9-11(16)5-6-13(12)19(14)10(2)15-17-7-8-20-15/h5-10H,3-4,16H2,1-2H3. The van der Waals surface area contributed by atoms with Gasteiger partial charge in [0.2, 0.25) is 0 Å². The molecule has 1 aromatic carbocycles. The van der Waals surface area contributed by atoms with Crippen LogP contribution in [0.15, 0.2) is 29.8 Å². The van der Waals surface area contributed by atoms with E-state index >= 15 is 0 Å². The molecular formula is C15H18N4S. The number of nitrogens with two attached hydrogens (primary N) is 1. The lowest BCUT2D eigenvalue weighted by Crippen LogP contribution is -2.10. The topological polar surface area (TPSA) is 56.7 Å². The van der Waals surface area contributed by atoms with Crippen molar-refractivity contribution in [3.63, 3.8) is 0 Å². The molecule has 3 rings (SSSR count). The molecule has 4 nitrogen and oxygen atoms in total. The first kappa shape index (κ1) is 13.1.